The topological polar surface area (TPSA) is 40.7 Å². The standard InChI is InChI=1S/C14H19N3/c1-4-12-5-7-13(8-6-12)9-15-14-10(2)16-17-11(14)3/h5-8,15H,4,9H2,1-3H3,(H,16,17). The van der Waals surface area contributed by atoms with Gasteiger partial charge in [0.2, 0.25) is 0 Å². The normalized spacial score (nSPS) is 10.5. The van der Waals surface area contributed by atoms with E-state index >= 15 is 0 Å². The first-order valence-corrected chi connectivity index (χ1v) is 6.04. The summed E-state index contributed by atoms with van der Waals surface area (Å²) in [6.07, 6.45) is 1.09. The van der Waals surface area contributed by atoms with E-state index in [9.17, 15) is 0 Å². The van der Waals surface area contributed by atoms with Crippen LogP contribution in [0.3, 0.4) is 0 Å². The van der Waals surface area contributed by atoms with Crippen LogP contribution in [-0.4, -0.2) is 10.2 Å². The maximum atomic E-state index is 4.17. The SMILES string of the molecule is CCc1ccc(CNc2c(C)n[nH]c2C)cc1. The molecule has 0 aliphatic heterocycles. The first-order valence-electron chi connectivity index (χ1n) is 6.04. The summed E-state index contributed by atoms with van der Waals surface area (Å²) in [5.41, 5.74) is 5.90. The largest absolute Gasteiger partial charge is 0.378 e. The van der Waals surface area contributed by atoms with Crippen molar-refractivity contribution in [2.75, 3.05) is 5.32 Å². The molecule has 0 atom stereocenters. The summed E-state index contributed by atoms with van der Waals surface area (Å²) in [5.74, 6) is 0. The Morgan fingerprint density at radius 3 is 2.29 bits per heavy atom. The zero-order chi connectivity index (χ0) is 12.3. The number of H-pyrrole nitrogens is 1. The molecule has 2 aromatic rings. The van der Waals surface area contributed by atoms with Crippen LogP contribution in [0.25, 0.3) is 0 Å². The molecule has 0 fully saturated rings. The first-order chi connectivity index (χ1) is 8.20. The number of nitrogens with zero attached hydrogens (tertiary/aromatic N) is 1. The molecule has 1 heterocycles. The van der Waals surface area contributed by atoms with E-state index in [1.807, 2.05) is 13.8 Å². The average Bonchev–Trinajstić information content (AvgIpc) is 2.67. The molecule has 0 aliphatic carbocycles. The van der Waals surface area contributed by atoms with Gasteiger partial charge in [-0.3, -0.25) is 5.10 Å². The van der Waals surface area contributed by atoms with Crippen molar-refractivity contribution < 1.29 is 0 Å². The Hall–Kier alpha value is -1.77. The molecule has 0 radical (unpaired) electrons. The third-order valence-electron chi connectivity index (χ3n) is 3.03. The average molecular weight is 229 g/mol. The van der Waals surface area contributed by atoms with E-state index in [1.54, 1.807) is 0 Å². The number of benzene rings is 1. The number of hydrogen-bond donors (Lipinski definition) is 2. The van der Waals surface area contributed by atoms with Gasteiger partial charge in [0.25, 0.3) is 0 Å². The second kappa shape index (κ2) is 5.04. The lowest BCUT2D eigenvalue weighted by atomic mass is 10.1. The van der Waals surface area contributed by atoms with Gasteiger partial charge in [-0.15, -0.1) is 0 Å². The van der Waals surface area contributed by atoms with Gasteiger partial charge < -0.3 is 5.32 Å². The van der Waals surface area contributed by atoms with Gasteiger partial charge in [-0.1, -0.05) is 31.2 Å². The minimum absolute atomic E-state index is 0.838. The molecule has 90 valence electrons. The lowest BCUT2D eigenvalue weighted by molar-refractivity contribution is 1.02. The summed E-state index contributed by atoms with van der Waals surface area (Å²) in [6.45, 7) is 7.05. The van der Waals surface area contributed by atoms with Crippen LogP contribution in [0.15, 0.2) is 24.3 Å². The van der Waals surface area contributed by atoms with Crippen molar-refractivity contribution >= 4 is 5.69 Å². The molecule has 0 bridgehead atoms. The molecule has 0 saturated carbocycles. The minimum atomic E-state index is 0.838. The quantitative estimate of drug-likeness (QED) is 0.845. The van der Waals surface area contributed by atoms with Crippen LogP contribution in [0.2, 0.25) is 0 Å². The Morgan fingerprint density at radius 1 is 1.12 bits per heavy atom. The predicted octanol–water partition coefficient (Wildman–Crippen LogP) is 3.20. The van der Waals surface area contributed by atoms with Gasteiger partial charge in [0.15, 0.2) is 0 Å². The van der Waals surface area contributed by atoms with Gasteiger partial charge in [0, 0.05) is 6.54 Å². The Bertz CT molecular complexity index is 463. The number of anilines is 1. The van der Waals surface area contributed by atoms with E-state index < -0.39 is 0 Å². The smallest absolute Gasteiger partial charge is 0.0825 e. The second-order valence-electron chi connectivity index (χ2n) is 4.33. The molecule has 1 aromatic carbocycles. The number of aromatic nitrogens is 2. The number of aryl methyl sites for hydroxylation is 3. The van der Waals surface area contributed by atoms with Gasteiger partial charge in [0.1, 0.15) is 0 Å². The number of hydrogen-bond acceptors (Lipinski definition) is 2. The Morgan fingerprint density at radius 2 is 1.76 bits per heavy atom. The summed E-state index contributed by atoms with van der Waals surface area (Å²) >= 11 is 0. The number of nitrogens with one attached hydrogen (secondary N) is 2. The van der Waals surface area contributed by atoms with Crippen LogP contribution >= 0.6 is 0 Å². The highest BCUT2D eigenvalue weighted by Crippen LogP contribution is 2.17. The molecule has 0 amide bonds. The van der Waals surface area contributed by atoms with Crippen molar-refractivity contribution in [3.63, 3.8) is 0 Å². The zero-order valence-electron chi connectivity index (χ0n) is 10.7. The van der Waals surface area contributed by atoms with Crippen LogP contribution in [-0.2, 0) is 13.0 Å². The van der Waals surface area contributed by atoms with Crippen LogP contribution < -0.4 is 5.32 Å². The lowest BCUT2D eigenvalue weighted by Crippen LogP contribution is -2.01. The molecule has 3 heteroatoms. The lowest BCUT2D eigenvalue weighted by Gasteiger charge is -2.07. The van der Waals surface area contributed by atoms with E-state index in [4.69, 9.17) is 0 Å². The molecular formula is C14H19N3. The number of aromatic amines is 1. The van der Waals surface area contributed by atoms with Gasteiger partial charge in [-0.05, 0) is 31.4 Å². The third kappa shape index (κ3) is 2.67. The van der Waals surface area contributed by atoms with Crippen molar-refractivity contribution in [1.82, 2.24) is 10.2 Å². The maximum absolute atomic E-state index is 4.17. The van der Waals surface area contributed by atoms with Crippen LogP contribution in [0.1, 0.15) is 29.4 Å². The Kier molecular flexibility index (Phi) is 3.47. The second-order valence-corrected chi connectivity index (χ2v) is 4.33. The minimum Gasteiger partial charge on any atom is -0.378 e. The summed E-state index contributed by atoms with van der Waals surface area (Å²) in [6, 6.07) is 8.73. The molecule has 2 rings (SSSR count). The van der Waals surface area contributed by atoms with Crippen molar-refractivity contribution in [3.8, 4) is 0 Å². The molecule has 3 nitrogen and oxygen atoms in total. The van der Waals surface area contributed by atoms with Gasteiger partial charge in [-0.25, -0.2) is 0 Å². The van der Waals surface area contributed by atoms with Gasteiger partial charge >= 0.3 is 0 Å². The van der Waals surface area contributed by atoms with Crippen molar-refractivity contribution in [2.24, 2.45) is 0 Å². The first kappa shape index (κ1) is 11.7. The fourth-order valence-electron chi connectivity index (χ4n) is 1.89. The van der Waals surface area contributed by atoms with E-state index in [0.29, 0.717) is 0 Å². The van der Waals surface area contributed by atoms with Gasteiger partial charge in [0.05, 0.1) is 17.1 Å². The van der Waals surface area contributed by atoms with Crippen molar-refractivity contribution in [2.45, 2.75) is 33.7 Å². The van der Waals surface area contributed by atoms with Crippen LogP contribution in [0, 0.1) is 13.8 Å². The number of rotatable bonds is 4. The summed E-state index contributed by atoms with van der Waals surface area (Å²) in [4.78, 5) is 0. The maximum Gasteiger partial charge on any atom is 0.0825 e. The molecule has 1 aromatic heterocycles. The highest BCUT2D eigenvalue weighted by atomic mass is 15.1. The van der Waals surface area contributed by atoms with Crippen molar-refractivity contribution in [3.05, 3.63) is 46.8 Å². The Balaban J connectivity index is 2.02. The van der Waals surface area contributed by atoms with E-state index in [1.165, 1.54) is 11.1 Å². The highest BCUT2D eigenvalue weighted by Gasteiger charge is 2.04. The fraction of sp³-hybridized carbons (Fsp3) is 0.357. The van der Waals surface area contributed by atoms with Gasteiger partial charge in [-0.2, -0.15) is 5.10 Å². The highest BCUT2D eigenvalue weighted by molar-refractivity contribution is 5.51. The Labute approximate surface area is 102 Å². The molecule has 0 aliphatic rings. The zero-order valence-corrected chi connectivity index (χ0v) is 10.7. The third-order valence-corrected chi connectivity index (χ3v) is 3.03. The fourth-order valence-corrected chi connectivity index (χ4v) is 1.89. The summed E-state index contributed by atoms with van der Waals surface area (Å²) in [7, 11) is 0. The molecule has 0 saturated heterocycles. The predicted molar refractivity (Wildman–Crippen MR) is 71.2 cm³/mol. The van der Waals surface area contributed by atoms with E-state index in [-0.39, 0.29) is 0 Å². The molecular weight excluding hydrogens is 210 g/mol. The molecule has 0 unspecified atom stereocenters. The molecule has 0 spiro atoms. The molecule has 17 heavy (non-hydrogen) atoms. The van der Waals surface area contributed by atoms with E-state index in [2.05, 4.69) is 46.7 Å². The summed E-state index contributed by atoms with van der Waals surface area (Å²) in [5, 5.41) is 10.6. The van der Waals surface area contributed by atoms with Crippen LogP contribution in [0.4, 0.5) is 5.69 Å². The molecule has 2 N–H and O–H groups in total. The monoisotopic (exact) mass is 229 g/mol. The summed E-state index contributed by atoms with van der Waals surface area (Å²) < 4.78 is 0. The van der Waals surface area contributed by atoms with Crippen molar-refractivity contribution in [1.29, 1.82) is 0 Å². The van der Waals surface area contributed by atoms with Crippen LogP contribution in [0.5, 0.6) is 0 Å². The van der Waals surface area contributed by atoms with E-state index in [0.717, 1.165) is 30.0 Å².